The van der Waals surface area contributed by atoms with Gasteiger partial charge in [-0.3, -0.25) is 9.36 Å². The van der Waals surface area contributed by atoms with E-state index in [1.807, 2.05) is 73.9 Å². The van der Waals surface area contributed by atoms with Crippen LogP contribution in [0.15, 0.2) is 66.3 Å². The van der Waals surface area contributed by atoms with Crippen LogP contribution in [0.25, 0.3) is 0 Å². The third-order valence-electron chi connectivity index (χ3n) is 4.85. The average molecular weight is 453 g/mol. The summed E-state index contributed by atoms with van der Waals surface area (Å²) in [7, 11) is 1.62. The van der Waals surface area contributed by atoms with Crippen molar-refractivity contribution in [3.8, 4) is 11.5 Å². The molecule has 0 aliphatic heterocycles. The average Bonchev–Trinajstić information content (AvgIpc) is 3.18. The number of hydrogen-bond donors (Lipinski definition) is 1. The van der Waals surface area contributed by atoms with Crippen LogP contribution in [-0.2, 0) is 11.3 Å². The number of anilines is 1. The van der Waals surface area contributed by atoms with E-state index in [-0.39, 0.29) is 17.3 Å². The van der Waals surface area contributed by atoms with Gasteiger partial charge in [0.05, 0.1) is 12.4 Å². The number of aryl methyl sites for hydroxylation is 1. The molecule has 1 N–H and O–H groups in total. The van der Waals surface area contributed by atoms with Crippen LogP contribution in [-0.4, -0.2) is 33.0 Å². The zero-order valence-corrected chi connectivity index (χ0v) is 19.6. The minimum Gasteiger partial charge on any atom is -0.497 e. The van der Waals surface area contributed by atoms with E-state index in [0.717, 1.165) is 17.0 Å². The lowest BCUT2D eigenvalue weighted by atomic mass is 10.2. The van der Waals surface area contributed by atoms with Crippen molar-refractivity contribution < 1.29 is 14.3 Å². The number of carbonyl (C=O) groups is 1. The van der Waals surface area contributed by atoms with Crippen LogP contribution in [0.2, 0.25) is 0 Å². The van der Waals surface area contributed by atoms with Crippen LogP contribution in [0.4, 0.5) is 5.69 Å². The lowest BCUT2D eigenvalue weighted by Crippen LogP contribution is -2.23. The minimum absolute atomic E-state index is 0.0958. The molecule has 168 valence electrons. The summed E-state index contributed by atoms with van der Waals surface area (Å²) in [4.78, 5) is 12.7. The number of nitrogens with one attached hydrogen (secondary N) is 1. The van der Waals surface area contributed by atoms with Gasteiger partial charge in [-0.2, -0.15) is 0 Å². The topological polar surface area (TPSA) is 78.3 Å². The summed E-state index contributed by atoms with van der Waals surface area (Å²) in [6.07, 6.45) is 1.43. The van der Waals surface area contributed by atoms with E-state index in [0.29, 0.717) is 23.3 Å². The molecule has 0 radical (unpaired) electrons. The highest BCUT2D eigenvalue weighted by Gasteiger charge is 2.23. The fourth-order valence-electron chi connectivity index (χ4n) is 3.06. The molecule has 0 aliphatic carbocycles. The number of allylic oxidation sites excluding steroid dienone is 1. The van der Waals surface area contributed by atoms with E-state index in [2.05, 4.69) is 22.1 Å². The third-order valence-corrected chi connectivity index (χ3v) is 5.93. The van der Waals surface area contributed by atoms with Gasteiger partial charge in [-0.15, -0.1) is 16.8 Å². The maximum Gasteiger partial charge on any atom is 0.237 e. The van der Waals surface area contributed by atoms with E-state index < -0.39 is 0 Å². The second kappa shape index (κ2) is 10.9. The Kier molecular flexibility index (Phi) is 7.94. The van der Waals surface area contributed by atoms with Crippen molar-refractivity contribution in [1.82, 2.24) is 14.8 Å². The zero-order chi connectivity index (χ0) is 23.1. The number of carbonyl (C=O) groups excluding carboxylic acids is 1. The number of amides is 1. The Balaban J connectivity index is 1.72. The van der Waals surface area contributed by atoms with Crippen molar-refractivity contribution >= 4 is 23.4 Å². The quantitative estimate of drug-likeness (QED) is 0.343. The molecule has 1 aromatic heterocycles. The smallest absolute Gasteiger partial charge is 0.237 e. The molecule has 3 rings (SSSR count). The highest BCUT2D eigenvalue weighted by atomic mass is 32.2. The minimum atomic E-state index is -0.368. The van der Waals surface area contributed by atoms with Gasteiger partial charge < -0.3 is 14.8 Å². The van der Waals surface area contributed by atoms with E-state index in [1.54, 1.807) is 13.2 Å². The molecule has 2 unspecified atom stereocenters. The van der Waals surface area contributed by atoms with Gasteiger partial charge in [0.25, 0.3) is 0 Å². The predicted octanol–water partition coefficient (Wildman–Crippen LogP) is 5.04. The summed E-state index contributed by atoms with van der Waals surface area (Å²) in [5.41, 5.74) is 1.82. The molecular weight excluding hydrogens is 424 g/mol. The Morgan fingerprint density at radius 3 is 2.50 bits per heavy atom. The number of methoxy groups -OCH3 is 1. The van der Waals surface area contributed by atoms with Gasteiger partial charge in [-0.25, -0.2) is 0 Å². The standard InChI is InChI=1S/C24H28N4O3S/c1-6-15-28-22(17(3)31-20-13-11-19(30-5)12-14-20)26-27-24(28)32-18(4)23(29)25-21-10-8-7-9-16(21)2/h6-14,17-18H,1,15H2,2-5H3,(H,25,29). The molecule has 0 saturated carbocycles. The number of hydrogen-bond acceptors (Lipinski definition) is 6. The van der Waals surface area contributed by atoms with Gasteiger partial charge in [0.1, 0.15) is 11.5 Å². The van der Waals surface area contributed by atoms with E-state index in [9.17, 15) is 4.79 Å². The second-order valence-electron chi connectivity index (χ2n) is 7.24. The molecule has 0 fully saturated rings. The van der Waals surface area contributed by atoms with Gasteiger partial charge >= 0.3 is 0 Å². The first-order chi connectivity index (χ1) is 15.4. The summed E-state index contributed by atoms with van der Waals surface area (Å²) >= 11 is 1.35. The number of aromatic nitrogens is 3. The molecule has 1 heterocycles. The molecule has 3 aromatic rings. The zero-order valence-electron chi connectivity index (χ0n) is 18.7. The van der Waals surface area contributed by atoms with Gasteiger partial charge in [-0.05, 0) is 56.7 Å². The first-order valence-electron chi connectivity index (χ1n) is 10.3. The van der Waals surface area contributed by atoms with Crippen molar-refractivity contribution in [2.24, 2.45) is 0 Å². The van der Waals surface area contributed by atoms with Crippen molar-refractivity contribution in [1.29, 1.82) is 0 Å². The van der Waals surface area contributed by atoms with Gasteiger partial charge in [0.15, 0.2) is 17.1 Å². The van der Waals surface area contributed by atoms with Crippen LogP contribution in [0.3, 0.4) is 0 Å². The summed E-state index contributed by atoms with van der Waals surface area (Å²) in [5, 5.41) is 11.9. The van der Waals surface area contributed by atoms with Gasteiger partial charge in [-0.1, -0.05) is 36.0 Å². The molecule has 8 heteroatoms. The number of para-hydroxylation sites is 1. The fraction of sp³-hybridized carbons (Fsp3) is 0.292. The van der Waals surface area contributed by atoms with Crippen LogP contribution in [0.1, 0.15) is 31.3 Å². The molecule has 0 saturated heterocycles. The van der Waals surface area contributed by atoms with Crippen molar-refractivity contribution in [2.75, 3.05) is 12.4 Å². The first kappa shape index (κ1) is 23.4. The summed E-state index contributed by atoms with van der Waals surface area (Å²) in [6.45, 7) is 10.1. The van der Waals surface area contributed by atoms with Gasteiger partial charge in [0.2, 0.25) is 5.91 Å². The maximum atomic E-state index is 12.7. The Morgan fingerprint density at radius 1 is 1.16 bits per heavy atom. The Bertz CT molecular complexity index is 1070. The summed E-state index contributed by atoms with van der Waals surface area (Å²) < 4.78 is 13.1. The van der Waals surface area contributed by atoms with E-state index >= 15 is 0 Å². The van der Waals surface area contributed by atoms with Crippen LogP contribution in [0, 0.1) is 6.92 Å². The molecule has 0 aliphatic rings. The number of rotatable bonds is 10. The molecular formula is C24H28N4O3S. The SMILES string of the molecule is C=CCn1c(SC(C)C(=O)Nc2ccccc2C)nnc1C(C)Oc1ccc(OC)cc1. The number of ether oxygens (including phenoxy) is 2. The highest BCUT2D eigenvalue weighted by Crippen LogP contribution is 2.28. The third kappa shape index (κ3) is 5.70. The molecule has 0 bridgehead atoms. The van der Waals surface area contributed by atoms with Crippen LogP contribution < -0.4 is 14.8 Å². The van der Waals surface area contributed by atoms with Gasteiger partial charge in [0, 0.05) is 12.2 Å². The molecule has 32 heavy (non-hydrogen) atoms. The van der Waals surface area contributed by atoms with Crippen molar-refractivity contribution in [2.45, 2.75) is 43.8 Å². The number of benzene rings is 2. The summed E-state index contributed by atoms with van der Waals surface area (Å²) in [5.74, 6) is 2.03. The van der Waals surface area contributed by atoms with Crippen molar-refractivity contribution in [3.05, 3.63) is 72.6 Å². The predicted molar refractivity (Wildman–Crippen MR) is 127 cm³/mol. The molecule has 0 spiro atoms. The highest BCUT2D eigenvalue weighted by molar-refractivity contribution is 8.00. The summed E-state index contributed by atoms with van der Waals surface area (Å²) in [6, 6.07) is 15.1. The number of thioether (sulfide) groups is 1. The van der Waals surface area contributed by atoms with E-state index in [4.69, 9.17) is 9.47 Å². The molecule has 2 atom stereocenters. The van der Waals surface area contributed by atoms with Crippen LogP contribution >= 0.6 is 11.8 Å². The molecule has 2 aromatic carbocycles. The van der Waals surface area contributed by atoms with Crippen LogP contribution in [0.5, 0.6) is 11.5 Å². The Hall–Kier alpha value is -3.26. The fourth-order valence-corrected chi connectivity index (χ4v) is 3.92. The number of nitrogens with zero attached hydrogens (tertiary/aromatic N) is 3. The van der Waals surface area contributed by atoms with Crippen molar-refractivity contribution in [3.63, 3.8) is 0 Å². The maximum absolute atomic E-state index is 12.7. The molecule has 7 nitrogen and oxygen atoms in total. The second-order valence-corrected chi connectivity index (χ2v) is 8.55. The Morgan fingerprint density at radius 2 is 1.84 bits per heavy atom. The lowest BCUT2D eigenvalue weighted by molar-refractivity contribution is -0.115. The Labute approximate surface area is 192 Å². The largest absolute Gasteiger partial charge is 0.497 e. The normalized spacial score (nSPS) is 12.6. The first-order valence-corrected chi connectivity index (χ1v) is 11.2. The lowest BCUT2D eigenvalue weighted by Gasteiger charge is -2.17. The monoisotopic (exact) mass is 452 g/mol. The molecule has 1 amide bonds. The van der Waals surface area contributed by atoms with E-state index in [1.165, 1.54) is 11.8 Å².